The van der Waals surface area contributed by atoms with Crippen molar-refractivity contribution in [2.24, 2.45) is 0 Å². The van der Waals surface area contributed by atoms with Crippen molar-refractivity contribution in [2.45, 2.75) is 26.2 Å². The third-order valence-corrected chi connectivity index (χ3v) is 5.51. The van der Waals surface area contributed by atoms with Crippen LogP contribution >= 0.6 is 11.3 Å². The number of alkyl halides is 3. The molecule has 0 bridgehead atoms. The number of aryl methyl sites for hydroxylation is 1. The van der Waals surface area contributed by atoms with Gasteiger partial charge >= 0.3 is 6.18 Å². The van der Waals surface area contributed by atoms with Crippen molar-refractivity contribution in [2.75, 3.05) is 7.05 Å². The molecule has 0 spiro atoms. The lowest BCUT2D eigenvalue weighted by Crippen LogP contribution is -2.17. The predicted octanol–water partition coefficient (Wildman–Crippen LogP) is 5.91. The van der Waals surface area contributed by atoms with Crippen LogP contribution in [0.1, 0.15) is 22.0 Å². The summed E-state index contributed by atoms with van der Waals surface area (Å²) in [6, 6.07) is 13.0. The summed E-state index contributed by atoms with van der Waals surface area (Å²) < 4.78 is 45.7. The van der Waals surface area contributed by atoms with Crippen molar-refractivity contribution < 1.29 is 17.6 Å². The van der Waals surface area contributed by atoms with Crippen LogP contribution in [0.3, 0.4) is 0 Å². The molecule has 2 heterocycles. The molecule has 0 aliphatic rings. The maximum Gasteiger partial charge on any atom is 0.416 e. The van der Waals surface area contributed by atoms with Crippen molar-refractivity contribution in [3.63, 3.8) is 0 Å². The molecule has 0 saturated heterocycles. The lowest BCUT2D eigenvalue weighted by atomic mass is 10.1. The number of fused-ring (bicyclic) bond motifs is 1. The highest BCUT2D eigenvalue weighted by Gasteiger charge is 2.31. The van der Waals surface area contributed by atoms with Crippen molar-refractivity contribution in [1.82, 2.24) is 14.9 Å². The standard InChI is InChI=1S/C21H18F3N3OS/c1-13-17(11-27(2)12-19-25-16-8-3-4-9-18(16)29-19)26-20(28-13)14-6-5-7-15(10-14)21(22,23)24/h3-10H,11-12H2,1-2H3. The van der Waals surface area contributed by atoms with Crippen LogP contribution in [0.4, 0.5) is 13.2 Å². The highest BCUT2D eigenvalue weighted by molar-refractivity contribution is 7.18. The van der Waals surface area contributed by atoms with Crippen LogP contribution in [0, 0.1) is 6.92 Å². The molecule has 2 aromatic carbocycles. The molecule has 29 heavy (non-hydrogen) atoms. The summed E-state index contributed by atoms with van der Waals surface area (Å²) in [5, 5.41) is 0.993. The van der Waals surface area contributed by atoms with Gasteiger partial charge in [0.1, 0.15) is 10.8 Å². The van der Waals surface area contributed by atoms with E-state index in [0.29, 0.717) is 30.1 Å². The molecule has 4 rings (SSSR count). The van der Waals surface area contributed by atoms with Crippen LogP contribution in [-0.2, 0) is 19.3 Å². The first-order valence-electron chi connectivity index (χ1n) is 8.96. The van der Waals surface area contributed by atoms with Crippen LogP contribution < -0.4 is 0 Å². The molecule has 8 heteroatoms. The quantitative estimate of drug-likeness (QED) is 0.405. The minimum absolute atomic E-state index is 0.192. The van der Waals surface area contributed by atoms with Crippen LogP contribution in [-0.4, -0.2) is 21.9 Å². The second-order valence-corrected chi connectivity index (χ2v) is 7.96. The van der Waals surface area contributed by atoms with Crippen LogP contribution in [0.15, 0.2) is 52.9 Å². The number of thiazole rings is 1. The van der Waals surface area contributed by atoms with E-state index in [1.165, 1.54) is 6.07 Å². The second-order valence-electron chi connectivity index (χ2n) is 6.85. The van der Waals surface area contributed by atoms with E-state index in [1.807, 2.05) is 31.3 Å². The van der Waals surface area contributed by atoms with Gasteiger partial charge in [0.25, 0.3) is 0 Å². The summed E-state index contributed by atoms with van der Waals surface area (Å²) in [4.78, 5) is 11.1. The minimum atomic E-state index is -4.40. The van der Waals surface area contributed by atoms with E-state index in [9.17, 15) is 13.2 Å². The Morgan fingerprint density at radius 1 is 1.03 bits per heavy atom. The number of oxazole rings is 1. The van der Waals surface area contributed by atoms with Crippen molar-refractivity contribution in [3.8, 4) is 11.5 Å². The van der Waals surface area contributed by atoms with Gasteiger partial charge in [-0.3, -0.25) is 4.90 Å². The Morgan fingerprint density at radius 3 is 2.59 bits per heavy atom. The Hall–Kier alpha value is -2.71. The molecule has 0 N–H and O–H groups in total. The molecule has 0 atom stereocenters. The van der Waals surface area contributed by atoms with Gasteiger partial charge in [-0.25, -0.2) is 9.97 Å². The van der Waals surface area contributed by atoms with Crippen molar-refractivity contribution in [3.05, 3.63) is 70.6 Å². The lowest BCUT2D eigenvalue weighted by Gasteiger charge is -2.13. The molecular weight excluding hydrogens is 399 g/mol. The number of hydrogen-bond acceptors (Lipinski definition) is 5. The van der Waals surface area contributed by atoms with Crippen LogP contribution in [0.5, 0.6) is 0 Å². The van der Waals surface area contributed by atoms with E-state index in [0.717, 1.165) is 27.4 Å². The minimum Gasteiger partial charge on any atom is -0.441 e. The summed E-state index contributed by atoms with van der Waals surface area (Å²) in [7, 11) is 1.95. The van der Waals surface area contributed by atoms with Gasteiger partial charge in [-0.1, -0.05) is 18.2 Å². The Balaban J connectivity index is 1.50. The maximum atomic E-state index is 13.0. The first-order valence-corrected chi connectivity index (χ1v) is 9.78. The van der Waals surface area contributed by atoms with Gasteiger partial charge in [-0.15, -0.1) is 11.3 Å². The molecule has 4 nitrogen and oxygen atoms in total. The molecule has 2 aromatic heterocycles. The molecule has 150 valence electrons. The molecule has 0 aliphatic heterocycles. The van der Waals surface area contributed by atoms with E-state index >= 15 is 0 Å². The number of nitrogens with zero attached hydrogens (tertiary/aromatic N) is 3. The summed E-state index contributed by atoms with van der Waals surface area (Å²) >= 11 is 1.64. The Labute approximate surface area is 169 Å². The highest BCUT2D eigenvalue weighted by atomic mass is 32.1. The fourth-order valence-electron chi connectivity index (χ4n) is 3.06. The number of hydrogen-bond donors (Lipinski definition) is 0. The van der Waals surface area contributed by atoms with E-state index in [1.54, 1.807) is 24.3 Å². The van der Waals surface area contributed by atoms with Gasteiger partial charge in [0.15, 0.2) is 0 Å². The fourth-order valence-corrected chi connectivity index (χ4v) is 4.10. The fraction of sp³-hybridized carbons (Fsp3) is 0.238. The van der Waals surface area contributed by atoms with Crippen LogP contribution in [0.2, 0.25) is 0 Å². The van der Waals surface area contributed by atoms with Gasteiger partial charge in [0.2, 0.25) is 5.89 Å². The third kappa shape index (κ3) is 4.33. The SMILES string of the molecule is Cc1oc(-c2cccc(C(F)(F)F)c2)nc1CN(C)Cc1nc2ccccc2s1. The Morgan fingerprint density at radius 2 is 1.83 bits per heavy atom. The smallest absolute Gasteiger partial charge is 0.416 e. The predicted molar refractivity (Wildman–Crippen MR) is 106 cm³/mol. The number of benzene rings is 2. The summed E-state index contributed by atoms with van der Waals surface area (Å²) in [6.07, 6.45) is -4.40. The molecule has 0 amide bonds. The topological polar surface area (TPSA) is 42.2 Å². The molecule has 0 unspecified atom stereocenters. The van der Waals surface area contributed by atoms with Gasteiger partial charge in [-0.2, -0.15) is 13.2 Å². The number of halogens is 3. The maximum absolute atomic E-state index is 13.0. The number of aromatic nitrogens is 2. The molecule has 0 saturated carbocycles. The summed E-state index contributed by atoms with van der Waals surface area (Å²) in [6.45, 7) is 2.92. The molecule has 0 fully saturated rings. The summed E-state index contributed by atoms with van der Waals surface area (Å²) in [5.41, 5.74) is 1.26. The zero-order valence-corrected chi connectivity index (χ0v) is 16.6. The van der Waals surface area contributed by atoms with Gasteiger partial charge < -0.3 is 4.42 Å². The van der Waals surface area contributed by atoms with Crippen molar-refractivity contribution in [1.29, 1.82) is 0 Å². The van der Waals surface area contributed by atoms with E-state index in [-0.39, 0.29) is 5.89 Å². The Bertz CT molecular complexity index is 1120. The van der Waals surface area contributed by atoms with E-state index in [4.69, 9.17) is 4.42 Å². The van der Waals surface area contributed by atoms with Crippen molar-refractivity contribution >= 4 is 21.6 Å². The largest absolute Gasteiger partial charge is 0.441 e. The van der Waals surface area contributed by atoms with Crippen LogP contribution in [0.25, 0.3) is 21.7 Å². The highest BCUT2D eigenvalue weighted by Crippen LogP contribution is 2.32. The lowest BCUT2D eigenvalue weighted by molar-refractivity contribution is -0.137. The number of rotatable bonds is 5. The monoisotopic (exact) mass is 417 g/mol. The zero-order valence-electron chi connectivity index (χ0n) is 15.8. The van der Waals surface area contributed by atoms with Gasteiger partial charge in [0, 0.05) is 12.1 Å². The normalized spacial score (nSPS) is 12.2. The third-order valence-electron chi connectivity index (χ3n) is 4.49. The average Bonchev–Trinajstić information content (AvgIpc) is 3.24. The molecule has 0 radical (unpaired) electrons. The number of para-hydroxylation sites is 1. The zero-order chi connectivity index (χ0) is 20.6. The second kappa shape index (κ2) is 7.61. The van der Waals surface area contributed by atoms with Gasteiger partial charge in [0.05, 0.1) is 28.0 Å². The molecule has 4 aromatic rings. The first-order chi connectivity index (χ1) is 13.8. The Kier molecular flexibility index (Phi) is 5.14. The first kappa shape index (κ1) is 19.6. The molecule has 0 aliphatic carbocycles. The average molecular weight is 417 g/mol. The molecular formula is C21H18F3N3OS. The van der Waals surface area contributed by atoms with E-state index in [2.05, 4.69) is 14.9 Å². The summed E-state index contributed by atoms with van der Waals surface area (Å²) in [5.74, 6) is 0.783. The van der Waals surface area contributed by atoms with E-state index < -0.39 is 11.7 Å². The van der Waals surface area contributed by atoms with Gasteiger partial charge in [-0.05, 0) is 44.3 Å².